The number of nitrogens with zero attached hydrogens (tertiary/aromatic N) is 2. The molecule has 0 aromatic carbocycles. The monoisotopic (exact) mass is 222 g/mol. The summed E-state index contributed by atoms with van der Waals surface area (Å²) in [5.41, 5.74) is -1.46. The van der Waals surface area contributed by atoms with Crippen LogP contribution in [-0.2, 0) is 18.0 Å². The van der Waals surface area contributed by atoms with Crippen molar-refractivity contribution in [1.29, 1.82) is 0 Å². The predicted octanol–water partition coefficient (Wildman–Crippen LogP) is 1.63. The molecule has 1 unspecified atom stereocenters. The number of alkyl halides is 3. The third kappa shape index (κ3) is 2.28. The Kier molecular flexibility index (Phi) is 2.74. The standard InChI is InChI=1S/C8H9F3N2O2/c1-4(7(14)15)5-3-13(2)12-6(5)8(9,10)11/h3-4H,1-2H3,(H,14,15). The van der Waals surface area contributed by atoms with Crippen LogP contribution in [0.25, 0.3) is 0 Å². The van der Waals surface area contributed by atoms with E-state index in [9.17, 15) is 18.0 Å². The second kappa shape index (κ2) is 3.56. The van der Waals surface area contributed by atoms with Crippen LogP contribution in [0.5, 0.6) is 0 Å². The van der Waals surface area contributed by atoms with Gasteiger partial charge in [-0.05, 0) is 6.92 Å². The maximum atomic E-state index is 12.4. The SMILES string of the molecule is CC(C(=O)O)c1cn(C)nc1C(F)(F)F. The summed E-state index contributed by atoms with van der Waals surface area (Å²) < 4.78 is 38.2. The van der Waals surface area contributed by atoms with Gasteiger partial charge in [0, 0.05) is 18.8 Å². The molecular weight excluding hydrogens is 213 g/mol. The lowest BCUT2D eigenvalue weighted by Gasteiger charge is -2.08. The van der Waals surface area contributed by atoms with Gasteiger partial charge in [-0.25, -0.2) is 0 Å². The minimum absolute atomic E-state index is 0.322. The number of aliphatic carboxylic acids is 1. The second-order valence-corrected chi connectivity index (χ2v) is 3.16. The first-order valence-corrected chi connectivity index (χ1v) is 4.07. The lowest BCUT2D eigenvalue weighted by atomic mass is 10.0. The summed E-state index contributed by atoms with van der Waals surface area (Å²) in [6, 6.07) is 0. The molecule has 1 aromatic rings. The number of carboxylic acids is 1. The van der Waals surface area contributed by atoms with E-state index in [0.717, 1.165) is 10.9 Å². The van der Waals surface area contributed by atoms with Gasteiger partial charge < -0.3 is 5.11 Å². The molecule has 0 bridgehead atoms. The molecule has 0 spiro atoms. The smallest absolute Gasteiger partial charge is 0.435 e. The van der Waals surface area contributed by atoms with E-state index in [1.165, 1.54) is 14.0 Å². The highest BCUT2D eigenvalue weighted by Crippen LogP contribution is 2.33. The fourth-order valence-corrected chi connectivity index (χ4v) is 1.18. The van der Waals surface area contributed by atoms with E-state index in [1.807, 2.05) is 0 Å². The van der Waals surface area contributed by atoms with Crippen LogP contribution in [0.4, 0.5) is 13.2 Å². The first-order valence-electron chi connectivity index (χ1n) is 4.07. The minimum atomic E-state index is -4.62. The highest BCUT2D eigenvalue weighted by atomic mass is 19.4. The van der Waals surface area contributed by atoms with Gasteiger partial charge in [-0.1, -0.05) is 0 Å². The number of carbonyl (C=O) groups is 1. The lowest BCUT2D eigenvalue weighted by molar-refractivity contribution is -0.143. The number of hydrogen-bond acceptors (Lipinski definition) is 2. The van der Waals surface area contributed by atoms with E-state index in [1.54, 1.807) is 0 Å². The first-order chi connectivity index (χ1) is 6.73. The summed E-state index contributed by atoms with van der Waals surface area (Å²) in [6.07, 6.45) is -3.55. The molecule has 84 valence electrons. The molecule has 0 fully saturated rings. The van der Waals surface area contributed by atoms with E-state index in [2.05, 4.69) is 5.10 Å². The van der Waals surface area contributed by atoms with Gasteiger partial charge in [0.1, 0.15) is 0 Å². The third-order valence-electron chi connectivity index (χ3n) is 1.96. The molecule has 0 aliphatic heterocycles. The zero-order valence-electron chi connectivity index (χ0n) is 8.04. The van der Waals surface area contributed by atoms with E-state index >= 15 is 0 Å². The van der Waals surface area contributed by atoms with E-state index in [-0.39, 0.29) is 5.56 Å². The molecule has 0 saturated carbocycles. The summed E-state index contributed by atoms with van der Waals surface area (Å²) in [5.74, 6) is -2.54. The van der Waals surface area contributed by atoms with Crippen LogP contribution in [0, 0.1) is 0 Å². The van der Waals surface area contributed by atoms with E-state index in [0.29, 0.717) is 0 Å². The summed E-state index contributed by atoms with van der Waals surface area (Å²) in [6.45, 7) is 1.19. The molecule has 4 nitrogen and oxygen atoms in total. The molecule has 1 atom stereocenters. The molecule has 0 aliphatic rings. The summed E-state index contributed by atoms with van der Waals surface area (Å²) >= 11 is 0. The Labute approximate surface area is 83.3 Å². The van der Waals surface area contributed by atoms with Gasteiger partial charge in [-0.2, -0.15) is 18.3 Å². The molecule has 1 aromatic heterocycles. The lowest BCUT2D eigenvalue weighted by Crippen LogP contribution is -2.14. The maximum absolute atomic E-state index is 12.4. The third-order valence-corrected chi connectivity index (χ3v) is 1.96. The van der Waals surface area contributed by atoms with Crippen LogP contribution in [0.1, 0.15) is 24.1 Å². The van der Waals surface area contributed by atoms with Crippen molar-refractivity contribution < 1.29 is 23.1 Å². The van der Waals surface area contributed by atoms with Crippen LogP contribution >= 0.6 is 0 Å². The quantitative estimate of drug-likeness (QED) is 0.827. The molecule has 1 N–H and O–H groups in total. The second-order valence-electron chi connectivity index (χ2n) is 3.16. The van der Waals surface area contributed by atoms with Crippen molar-refractivity contribution in [3.05, 3.63) is 17.5 Å². The normalized spacial score (nSPS) is 13.9. The molecule has 7 heteroatoms. The van der Waals surface area contributed by atoms with Gasteiger partial charge >= 0.3 is 12.1 Å². The van der Waals surface area contributed by atoms with Gasteiger partial charge in [-0.3, -0.25) is 9.48 Å². The van der Waals surface area contributed by atoms with Gasteiger partial charge in [-0.15, -0.1) is 0 Å². The molecule has 1 rings (SSSR count). The largest absolute Gasteiger partial charge is 0.481 e. The highest BCUT2D eigenvalue weighted by molar-refractivity contribution is 5.75. The van der Waals surface area contributed by atoms with Crippen LogP contribution in [-0.4, -0.2) is 20.9 Å². The average Bonchev–Trinajstić information content (AvgIpc) is 2.44. The van der Waals surface area contributed by atoms with Gasteiger partial charge in [0.2, 0.25) is 0 Å². The Balaban J connectivity index is 3.24. The van der Waals surface area contributed by atoms with Crippen molar-refractivity contribution >= 4 is 5.97 Å². The van der Waals surface area contributed by atoms with Crippen LogP contribution < -0.4 is 0 Å². The van der Waals surface area contributed by atoms with Crippen molar-refractivity contribution in [3.63, 3.8) is 0 Å². The van der Waals surface area contributed by atoms with Crippen molar-refractivity contribution in [2.45, 2.75) is 19.0 Å². The molecule has 0 saturated heterocycles. The number of carboxylic acid groups (broad SMARTS) is 1. The van der Waals surface area contributed by atoms with Gasteiger partial charge in [0.15, 0.2) is 5.69 Å². The summed E-state index contributed by atoms with van der Waals surface area (Å²) in [5, 5.41) is 11.8. The Morgan fingerprint density at radius 2 is 2.13 bits per heavy atom. The fraction of sp³-hybridized carbons (Fsp3) is 0.500. The van der Waals surface area contributed by atoms with Crippen molar-refractivity contribution in [1.82, 2.24) is 9.78 Å². The van der Waals surface area contributed by atoms with E-state index in [4.69, 9.17) is 5.11 Å². The zero-order chi connectivity index (χ0) is 11.8. The Morgan fingerprint density at radius 3 is 2.53 bits per heavy atom. The maximum Gasteiger partial charge on any atom is 0.435 e. The highest BCUT2D eigenvalue weighted by Gasteiger charge is 2.39. The van der Waals surface area contributed by atoms with Crippen LogP contribution in [0.15, 0.2) is 6.20 Å². The minimum Gasteiger partial charge on any atom is -0.481 e. The van der Waals surface area contributed by atoms with Crippen LogP contribution in [0.2, 0.25) is 0 Å². The number of aromatic nitrogens is 2. The number of hydrogen-bond donors (Lipinski definition) is 1. The van der Waals surface area contributed by atoms with E-state index < -0.39 is 23.8 Å². The first kappa shape index (κ1) is 11.5. The Hall–Kier alpha value is -1.53. The van der Waals surface area contributed by atoms with Gasteiger partial charge in [0.25, 0.3) is 0 Å². The molecular formula is C8H9F3N2O2. The Bertz CT molecular complexity index is 384. The molecule has 0 aliphatic carbocycles. The summed E-state index contributed by atoms with van der Waals surface area (Å²) in [4.78, 5) is 10.6. The Morgan fingerprint density at radius 1 is 1.60 bits per heavy atom. The van der Waals surface area contributed by atoms with Crippen molar-refractivity contribution in [3.8, 4) is 0 Å². The fourth-order valence-electron chi connectivity index (χ4n) is 1.18. The van der Waals surface area contributed by atoms with Crippen LogP contribution in [0.3, 0.4) is 0 Å². The zero-order valence-corrected chi connectivity index (χ0v) is 8.04. The number of aryl methyl sites for hydroxylation is 1. The number of rotatable bonds is 2. The van der Waals surface area contributed by atoms with Crippen molar-refractivity contribution in [2.24, 2.45) is 7.05 Å². The molecule has 15 heavy (non-hydrogen) atoms. The number of halogens is 3. The predicted molar refractivity (Wildman–Crippen MR) is 44.3 cm³/mol. The average molecular weight is 222 g/mol. The summed E-state index contributed by atoms with van der Waals surface area (Å²) in [7, 11) is 1.31. The van der Waals surface area contributed by atoms with Crippen molar-refractivity contribution in [2.75, 3.05) is 0 Å². The molecule has 0 radical (unpaired) electrons. The molecule has 1 heterocycles. The van der Waals surface area contributed by atoms with Gasteiger partial charge in [0.05, 0.1) is 5.92 Å². The topological polar surface area (TPSA) is 55.1 Å². The molecule has 0 amide bonds.